The monoisotopic (exact) mass is 315 g/mol. The van der Waals surface area contributed by atoms with Crippen LogP contribution in [0, 0.1) is 12.7 Å². The summed E-state index contributed by atoms with van der Waals surface area (Å²) in [4.78, 5) is 11.9. The number of benzene rings is 2. The lowest BCUT2D eigenvalue weighted by Crippen LogP contribution is -2.26. The van der Waals surface area contributed by atoms with E-state index in [2.05, 4.69) is 11.4 Å². The van der Waals surface area contributed by atoms with Crippen molar-refractivity contribution in [2.75, 3.05) is 13.7 Å². The summed E-state index contributed by atoms with van der Waals surface area (Å²) in [6.07, 6.45) is 1.61. The minimum Gasteiger partial charge on any atom is -0.496 e. The topological polar surface area (TPSA) is 38.3 Å². The van der Waals surface area contributed by atoms with Gasteiger partial charge in [-0.2, -0.15) is 0 Å². The van der Waals surface area contributed by atoms with Gasteiger partial charge in [-0.25, -0.2) is 4.39 Å². The van der Waals surface area contributed by atoms with E-state index in [4.69, 9.17) is 4.74 Å². The quantitative estimate of drug-likeness (QED) is 0.850. The molecule has 0 heterocycles. The molecule has 0 aliphatic rings. The van der Waals surface area contributed by atoms with Crippen LogP contribution >= 0.6 is 0 Å². The molecule has 0 unspecified atom stereocenters. The molecule has 1 N–H and O–H groups in total. The van der Waals surface area contributed by atoms with E-state index in [-0.39, 0.29) is 11.7 Å². The molecule has 2 rings (SSSR count). The average molecular weight is 315 g/mol. The SMILES string of the molecule is COc1ccc(C)cc1CCNC(=O)CCc1cccc(F)c1. The highest BCUT2D eigenvalue weighted by Gasteiger charge is 2.06. The Morgan fingerprint density at radius 3 is 2.74 bits per heavy atom. The first kappa shape index (κ1) is 17.0. The normalized spacial score (nSPS) is 10.4. The first-order valence-electron chi connectivity index (χ1n) is 7.73. The van der Waals surface area contributed by atoms with Gasteiger partial charge in [-0.15, -0.1) is 0 Å². The number of carbonyl (C=O) groups is 1. The summed E-state index contributed by atoms with van der Waals surface area (Å²) in [5, 5.41) is 2.90. The second-order valence-electron chi connectivity index (χ2n) is 5.55. The number of ether oxygens (including phenoxy) is 1. The molecule has 23 heavy (non-hydrogen) atoms. The maximum atomic E-state index is 13.1. The summed E-state index contributed by atoms with van der Waals surface area (Å²) in [5.41, 5.74) is 3.08. The summed E-state index contributed by atoms with van der Waals surface area (Å²) in [6.45, 7) is 2.59. The maximum Gasteiger partial charge on any atom is 0.220 e. The van der Waals surface area contributed by atoms with Crippen molar-refractivity contribution in [2.24, 2.45) is 0 Å². The molecule has 0 fully saturated rings. The van der Waals surface area contributed by atoms with E-state index >= 15 is 0 Å². The predicted octanol–water partition coefficient (Wildman–Crippen LogP) is 3.43. The second kappa shape index (κ2) is 8.32. The van der Waals surface area contributed by atoms with Crippen molar-refractivity contribution in [3.63, 3.8) is 0 Å². The number of nitrogens with one attached hydrogen (secondary N) is 1. The molecule has 122 valence electrons. The number of amides is 1. The fourth-order valence-corrected chi connectivity index (χ4v) is 2.48. The van der Waals surface area contributed by atoms with Crippen LogP contribution in [0.25, 0.3) is 0 Å². The Balaban J connectivity index is 1.78. The van der Waals surface area contributed by atoms with Gasteiger partial charge in [-0.05, 0) is 49.1 Å². The molecule has 0 spiro atoms. The highest BCUT2D eigenvalue weighted by Crippen LogP contribution is 2.19. The van der Waals surface area contributed by atoms with Gasteiger partial charge in [0.25, 0.3) is 0 Å². The molecule has 0 aliphatic carbocycles. The molecule has 3 nitrogen and oxygen atoms in total. The Kier molecular flexibility index (Phi) is 6.15. The van der Waals surface area contributed by atoms with Gasteiger partial charge >= 0.3 is 0 Å². The van der Waals surface area contributed by atoms with Gasteiger partial charge in [0.05, 0.1) is 7.11 Å². The first-order chi connectivity index (χ1) is 11.1. The van der Waals surface area contributed by atoms with Gasteiger partial charge in [-0.3, -0.25) is 4.79 Å². The van der Waals surface area contributed by atoms with E-state index in [1.54, 1.807) is 13.2 Å². The Labute approximate surface area is 136 Å². The van der Waals surface area contributed by atoms with E-state index in [0.29, 0.717) is 19.4 Å². The number of methoxy groups -OCH3 is 1. The molecule has 0 aliphatic heterocycles. The zero-order valence-corrected chi connectivity index (χ0v) is 13.6. The van der Waals surface area contributed by atoms with Gasteiger partial charge in [-0.1, -0.05) is 29.8 Å². The van der Waals surface area contributed by atoms with Gasteiger partial charge in [0.15, 0.2) is 0 Å². The fourth-order valence-electron chi connectivity index (χ4n) is 2.48. The third-order valence-corrected chi connectivity index (χ3v) is 3.68. The maximum absolute atomic E-state index is 13.1. The summed E-state index contributed by atoms with van der Waals surface area (Å²) in [5.74, 6) is 0.542. The fraction of sp³-hybridized carbons (Fsp3) is 0.316. The van der Waals surface area contributed by atoms with E-state index in [9.17, 15) is 9.18 Å². The average Bonchev–Trinajstić information content (AvgIpc) is 2.53. The van der Waals surface area contributed by atoms with Crippen LogP contribution in [0.5, 0.6) is 5.75 Å². The van der Waals surface area contributed by atoms with Crippen molar-refractivity contribution >= 4 is 5.91 Å². The van der Waals surface area contributed by atoms with Gasteiger partial charge in [0.2, 0.25) is 5.91 Å². The molecule has 2 aromatic carbocycles. The van der Waals surface area contributed by atoms with Crippen molar-refractivity contribution < 1.29 is 13.9 Å². The number of carbonyl (C=O) groups excluding carboxylic acids is 1. The Morgan fingerprint density at radius 1 is 1.17 bits per heavy atom. The van der Waals surface area contributed by atoms with Crippen molar-refractivity contribution in [1.82, 2.24) is 5.32 Å². The lowest BCUT2D eigenvalue weighted by Gasteiger charge is -2.10. The van der Waals surface area contributed by atoms with E-state index in [1.165, 1.54) is 17.7 Å². The first-order valence-corrected chi connectivity index (χ1v) is 7.73. The van der Waals surface area contributed by atoms with Crippen molar-refractivity contribution in [3.8, 4) is 5.75 Å². The third-order valence-electron chi connectivity index (χ3n) is 3.68. The molecule has 0 saturated carbocycles. The number of halogens is 1. The van der Waals surface area contributed by atoms with Gasteiger partial charge < -0.3 is 10.1 Å². The Bertz CT molecular complexity index is 670. The number of hydrogen-bond donors (Lipinski definition) is 1. The molecule has 2 aromatic rings. The predicted molar refractivity (Wildman–Crippen MR) is 89.2 cm³/mol. The largest absolute Gasteiger partial charge is 0.496 e. The Morgan fingerprint density at radius 2 is 2.00 bits per heavy atom. The molecule has 0 saturated heterocycles. The molecule has 0 aromatic heterocycles. The van der Waals surface area contributed by atoms with E-state index in [0.717, 1.165) is 23.3 Å². The molecule has 4 heteroatoms. The highest BCUT2D eigenvalue weighted by atomic mass is 19.1. The molecular formula is C19H22FNO2. The van der Waals surface area contributed by atoms with Gasteiger partial charge in [0.1, 0.15) is 11.6 Å². The third kappa shape index (κ3) is 5.40. The molecule has 0 radical (unpaired) electrons. The van der Waals surface area contributed by atoms with Crippen LogP contribution in [-0.4, -0.2) is 19.6 Å². The van der Waals surface area contributed by atoms with Crippen LogP contribution in [0.3, 0.4) is 0 Å². The summed E-state index contributed by atoms with van der Waals surface area (Å²) >= 11 is 0. The number of aryl methyl sites for hydroxylation is 2. The van der Waals surface area contributed by atoms with Gasteiger partial charge in [0, 0.05) is 13.0 Å². The summed E-state index contributed by atoms with van der Waals surface area (Å²) < 4.78 is 18.4. The van der Waals surface area contributed by atoms with Crippen LogP contribution in [0.4, 0.5) is 4.39 Å². The van der Waals surface area contributed by atoms with E-state index in [1.807, 2.05) is 25.1 Å². The highest BCUT2D eigenvalue weighted by molar-refractivity contribution is 5.76. The van der Waals surface area contributed by atoms with E-state index < -0.39 is 0 Å². The zero-order valence-electron chi connectivity index (χ0n) is 13.6. The molecule has 0 atom stereocenters. The Hall–Kier alpha value is -2.36. The zero-order chi connectivity index (χ0) is 16.7. The van der Waals surface area contributed by atoms with Crippen LogP contribution in [-0.2, 0) is 17.6 Å². The smallest absolute Gasteiger partial charge is 0.220 e. The number of hydrogen-bond acceptors (Lipinski definition) is 2. The van der Waals surface area contributed by atoms with Crippen LogP contribution in [0.1, 0.15) is 23.1 Å². The van der Waals surface area contributed by atoms with Crippen LogP contribution in [0.15, 0.2) is 42.5 Å². The lowest BCUT2D eigenvalue weighted by atomic mass is 10.1. The molecule has 0 bridgehead atoms. The summed E-state index contributed by atoms with van der Waals surface area (Å²) in [6, 6.07) is 12.4. The molecular weight excluding hydrogens is 293 g/mol. The second-order valence-corrected chi connectivity index (χ2v) is 5.55. The minimum atomic E-state index is -0.269. The standard InChI is InChI=1S/C19H22FNO2/c1-14-6-8-18(23-2)16(12-14)10-11-21-19(22)9-7-15-4-3-5-17(20)13-15/h3-6,8,12-13H,7,9-11H2,1-2H3,(H,21,22). The molecule has 1 amide bonds. The van der Waals surface area contributed by atoms with Crippen molar-refractivity contribution in [2.45, 2.75) is 26.2 Å². The minimum absolute atomic E-state index is 0.0270. The van der Waals surface area contributed by atoms with Crippen molar-refractivity contribution in [1.29, 1.82) is 0 Å². The lowest BCUT2D eigenvalue weighted by molar-refractivity contribution is -0.121. The summed E-state index contributed by atoms with van der Waals surface area (Å²) in [7, 11) is 1.64. The van der Waals surface area contributed by atoms with Crippen molar-refractivity contribution in [3.05, 3.63) is 65.0 Å². The van der Waals surface area contributed by atoms with Crippen LogP contribution < -0.4 is 10.1 Å². The number of rotatable bonds is 7. The van der Waals surface area contributed by atoms with Crippen LogP contribution in [0.2, 0.25) is 0 Å².